The first-order valence-electron chi connectivity index (χ1n) is 4.33. The molecule has 0 aliphatic carbocycles. The maximum absolute atomic E-state index is 11.3. The molecule has 1 rings (SSSR count). The van der Waals surface area contributed by atoms with Crippen molar-refractivity contribution in [1.29, 1.82) is 0 Å². The second-order valence-corrected chi connectivity index (χ2v) is 6.40. The fourth-order valence-corrected chi connectivity index (χ4v) is 1.76. The molecule has 1 aromatic rings. The van der Waals surface area contributed by atoms with Gasteiger partial charge in [-0.1, -0.05) is 29.8 Å². The van der Waals surface area contributed by atoms with E-state index in [0.717, 1.165) is 6.42 Å². The zero-order chi connectivity index (χ0) is 9.90. The first-order chi connectivity index (χ1) is 5.97. The largest absolute Gasteiger partial charge is 0.268 e. The summed E-state index contributed by atoms with van der Waals surface area (Å²) in [6, 6.07) is 8.33. The standard InChI is InChI=1S/C11H16OS/c1-10-4-6-11(7-5-10)8-9-13(2,3)12/h4-7H,2,8-9H2,1,3H3. The van der Waals surface area contributed by atoms with Crippen molar-refractivity contribution in [2.45, 2.75) is 13.3 Å². The Labute approximate surface area is 80.8 Å². The van der Waals surface area contributed by atoms with Gasteiger partial charge in [0.2, 0.25) is 0 Å². The average molecular weight is 196 g/mol. The van der Waals surface area contributed by atoms with E-state index in [1.165, 1.54) is 11.1 Å². The summed E-state index contributed by atoms with van der Waals surface area (Å²) in [5, 5.41) is 0. The van der Waals surface area contributed by atoms with Crippen molar-refractivity contribution in [2.75, 3.05) is 12.0 Å². The molecule has 1 aromatic carbocycles. The van der Waals surface area contributed by atoms with Gasteiger partial charge in [-0.25, -0.2) is 0 Å². The maximum Gasteiger partial charge on any atom is 0.0196 e. The molecule has 1 unspecified atom stereocenters. The Morgan fingerprint density at radius 2 is 1.85 bits per heavy atom. The maximum atomic E-state index is 11.3. The summed E-state index contributed by atoms with van der Waals surface area (Å²) < 4.78 is 11.3. The number of rotatable bonds is 3. The van der Waals surface area contributed by atoms with Crippen LogP contribution in [0.25, 0.3) is 0 Å². The molecular weight excluding hydrogens is 180 g/mol. The number of hydrogen-bond donors (Lipinski definition) is 0. The van der Waals surface area contributed by atoms with Gasteiger partial charge in [-0.15, -0.1) is 0 Å². The highest BCUT2D eigenvalue weighted by Gasteiger charge is 1.97. The smallest absolute Gasteiger partial charge is 0.0196 e. The van der Waals surface area contributed by atoms with Gasteiger partial charge in [-0.05, 0) is 34.3 Å². The molecule has 0 saturated carbocycles. The number of aryl methyl sites for hydroxylation is 2. The van der Waals surface area contributed by atoms with Gasteiger partial charge in [-0.2, -0.15) is 0 Å². The van der Waals surface area contributed by atoms with Gasteiger partial charge in [0.1, 0.15) is 0 Å². The Morgan fingerprint density at radius 1 is 1.31 bits per heavy atom. The highest BCUT2D eigenvalue weighted by molar-refractivity contribution is 7.99. The SMILES string of the molecule is C=S(C)(=O)CCc1ccc(C)cc1. The normalized spacial score (nSPS) is 15.2. The molecule has 0 N–H and O–H groups in total. The van der Waals surface area contributed by atoms with E-state index in [2.05, 4.69) is 37.1 Å². The molecule has 72 valence electrons. The molecule has 0 amide bonds. The van der Waals surface area contributed by atoms with Crippen molar-refractivity contribution < 1.29 is 4.21 Å². The van der Waals surface area contributed by atoms with Gasteiger partial charge < -0.3 is 0 Å². The van der Waals surface area contributed by atoms with Crippen molar-refractivity contribution in [2.24, 2.45) is 0 Å². The summed E-state index contributed by atoms with van der Waals surface area (Å²) in [6.45, 7) is 2.06. The lowest BCUT2D eigenvalue weighted by Gasteiger charge is -2.02. The summed E-state index contributed by atoms with van der Waals surface area (Å²) in [5.74, 6) is 4.31. The minimum absolute atomic E-state index is 0.677. The number of benzene rings is 1. The van der Waals surface area contributed by atoms with Crippen LogP contribution >= 0.6 is 0 Å². The third-order valence-corrected chi connectivity index (χ3v) is 3.01. The van der Waals surface area contributed by atoms with Crippen LogP contribution < -0.4 is 0 Å². The van der Waals surface area contributed by atoms with Crippen LogP contribution in [0.3, 0.4) is 0 Å². The van der Waals surface area contributed by atoms with E-state index in [1.807, 2.05) is 0 Å². The molecule has 0 heterocycles. The van der Waals surface area contributed by atoms with E-state index < -0.39 is 9.52 Å². The van der Waals surface area contributed by atoms with Gasteiger partial charge >= 0.3 is 0 Å². The molecule has 0 aromatic heterocycles. The van der Waals surface area contributed by atoms with Gasteiger partial charge in [0.05, 0.1) is 0 Å². The summed E-state index contributed by atoms with van der Waals surface area (Å²) in [4.78, 5) is 0. The molecular formula is C11H16OS. The van der Waals surface area contributed by atoms with Gasteiger partial charge in [0, 0.05) is 12.0 Å². The van der Waals surface area contributed by atoms with E-state index in [0.29, 0.717) is 5.75 Å². The van der Waals surface area contributed by atoms with Gasteiger partial charge in [0.15, 0.2) is 0 Å². The minimum Gasteiger partial charge on any atom is -0.268 e. The van der Waals surface area contributed by atoms with Crippen molar-refractivity contribution in [3.8, 4) is 0 Å². The summed E-state index contributed by atoms with van der Waals surface area (Å²) >= 11 is 0. The zero-order valence-corrected chi connectivity index (χ0v) is 9.06. The van der Waals surface area contributed by atoms with Crippen LogP contribution in [0.15, 0.2) is 24.3 Å². The summed E-state index contributed by atoms with van der Waals surface area (Å²) in [7, 11) is -1.83. The van der Waals surface area contributed by atoms with Crippen LogP contribution in [-0.4, -0.2) is 22.1 Å². The van der Waals surface area contributed by atoms with E-state index >= 15 is 0 Å². The highest BCUT2D eigenvalue weighted by atomic mass is 32.2. The fraction of sp³-hybridized carbons (Fsp3) is 0.364. The molecule has 1 nitrogen and oxygen atoms in total. The molecule has 0 bridgehead atoms. The van der Waals surface area contributed by atoms with Crippen LogP contribution in [0.1, 0.15) is 11.1 Å². The van der Waals surface area contributed by atoms with E-state index in [9.17, 15) is 4.21 Å². The van der Waals surface area contributed by atoms with E-state index in [-0.39, 0.29) is 0 Å². The van der Waals surface area contributed by atoms with E-state index in [1.54, 1.807) is 6.26 Å². The predicted molar refractivity (Wildman–Crippen MR) is 60.9 cm³/mol. The summed E-state index contributed by atoms with van der Waals surface area (Å²) in [6.07, 6.45) is 2.57. The number of hydrogen-bond acceptors (Lipinski definition) is 1. The lowest BCUT2D eigenvalue weighted by atomic mass is 10.1. The second kappa shape index (κ2) is 3.97. The minimum atomic E-state index is -1.83. The van der Waals surface area contributed by atoms with Crippen molar-refractivity contribution in [1.82, 2.24) is 0 Å². The quantitative estimate of drug-likeness (QED) is 0.675. The molecule has 13 heavy (non-hydrogen) atoms. The van der Waals surface area contributed by atoms with Gasteiger partial charge in [0.25, 0.3) is 0 Å². The van der Waals surface area contributed by atoms with Crippen molar-refractivity contribution in [3.63, 3.8) is 0 Å². The lowest BCUT2D eigenvalue weighted by Crippen LogP contribution is -2.05. The van der Waals surface area contributed by atoms with Crippen LogP contribution in [0.2, 0.25) is 0 Å². The molecule has 0 spiro atoms. The Bertz CT molecular complexity index is 360. The highest BCUT2D eigenvalue weighted by Crippen LogP contribution is 2.04. The first kappa shape index (κ1) is 10.3. The molecule has 0 fully saturated rings. The van der Waals surface area contributed by atoms with Crippen LogP contribution in [-0.2, 0) is 15.9 Å². The first-order valence-corrected chi connectivity index (χ1v) is 6.63. The Morgan fingerprint density at radius 3 is 2.31 bits per heavy atom. The average Bonchev–Trinajstić information content (AvgIpc) is 2.02. The Kier molecular flexibility index (Phi) is 3.15. The third-order valence-electron chi connectivity index (χ3n) is 1.94. The molecule has 1 atom stereocenters. The molecule has 0 aliphatic rings. The monoisotopic (exact) mass is 196 g/mol. The van der Waals surface area contributed by atoms with Crippen molar-refractivity contribution in [3.05, 3.63) is 35.4 Å². The van der Waals surface area contributed by atoms with Gasteiger partial charge in [-0.3, -0.25) is 4.21 Å². The summed E-state index contributed by atoms with van der Waals surface area (Å²) in [5.41, 5.74) is 2.50. The van der Waals surface area contributed by atoms with E-state index in [4.69, 9.17) is 0 Å². The fourth-order valence-electron chi connectivity index (χ4n) is 1.09. The van der Waals surface area contributed by atoms with Crippen LogP contribution in [0, 0.1) is 6.92 Å². The molecule has 0 aliphatic heterocycles. The van der Waals surface area contributed by atoms with Crippen molar-refractivity contribution >= 4 is 15.4 Å². The third kappa shape index (κ3) is 4.13. The predicted octanol–water partition coefficient (Wildman–Crippen LogP) is 1.88. The Hall–Kier alpha value is -0.760. The second-order valence-electron chi connectivity index (χ2n) is 3.62. The lowest BCUT2D eigenvalue weighted by molar-refractivity contribution is 0.684. The zero-order valence-electron chi connectivity index (χ0n) is 8.25. The Balaban J connectivity index is 2.61. The topological polar surface area (TPSA) is 17.1 Å². The molecule has 0 radical (unpaired) electrons. The van der Waals surface area contributed by atoms with Crippen LogP contribution in [0.4, 0.5) is 0 Å². The van der Waals surface area contributed by atoms with Crippen LogP contribution in [0.5, 0.6) is 0 Å². The molecule has 2 heteroatoms. The molecule has 0 saturated heterocycles.